The van der Waals surface area contributed by atoms with Gasteiger partial charge in [-0.3, -0.25) is 4.90 Å². The zero-order chi connectivity index (χ0) is 17.1. The maximum Gasteiger partial charge on any atom is 0.222 e. The molecule has 2 fully saturated rings. The number of benzene rings is 1. The Hall–Kier alpha value is -2.18. The van der Waals surface area contributed by atoms with E-state index in [9.17, 15) is 0 Å². The molecule has 2 saturated heterocycles. The van der Waals surface area contributed by atoms with E-state index >= 15 is 0 Å². The summed E-state index contributed by atoms with van der Waals surface area (Å²) in [5.41, 5.74) is 1.28. The molecule has 6 nitrogen and oxygen atoms in total. The first kappa shape index (κ1) is 16.3. The highest BCUT2D eigenvalue weighted by Crippen LogP contribution is 2.36. The quantitative estimate of drug-likeness (QED) is 0.901. The van der Waals surface area contributed by atoms with Crippen molar-refractivity contribution in [2.75, 3.05) is 32.1 Å². The van der Waals surface area contributed by atoms with Crippen molar-refractivity contribution >= 4 is 5.95 Å². The second-order valence-electron chi connectivity index (χ2n) is 6.92. The van der Waals surface area contributed by atoms with Gasteiger partial charge in [0.25, 0.3) is 0 Å². The van der Waals surface area contributed by atoms with Crippen molar-refractivity contribution in [3.63, 3.8) is 0 Å². The maximum absolute atomic E-state index is 6.21. The summed E-state index contributed by atoms with van der Waals surface area (Å²) in [7, 11) is 1.70. The van der Waals surface area contributed by atoms with Crippen molar-refractivity contribution in [2.45, 2.75) is 31.0 Å². The molecule has 0 unspecified atom stereocenters. The number of likely N-dealkylation sites (tertiary alicyclic amines) is 1. The van der Waals surface area contributed by atoms with Crippen molar-refractivity contribution < 1.29 is 9.47 Å². The van der Waals surface area contributed by atoms with E-state index in [4.69, 9.17) is 9.47 Å². The lowest BCUT2D eigenvalue weighted by Crippen LogP contribution is -2.33. The SMILES string of the molecule is COc1ccc(CN2CC[C@@]3(C[C@@H](Nc4ncccn4)CO3)C2)cc1. The van der Waals surface area contributed by atoms with Crippen molar-refractivity contribution in [1.82, 2.24) is 14.9 Å². The van der Waals surface area contributed by atoms with Gasteiger partial charge in [-0.1, -0.05) is 12.1 Å². The van der Waals surface area contributed by atoms with Gasteiger partial charge in [-0.15, -0.1) is 0 Å². The molecule has 0 bridgehead atoms. The number of aromatic nitrogens is 2. The van der Waals surface area contributed by atoms with Crippen LogP contribution in [-0.4, -0.2) is 53.3 Å². The van der Waals surface area contributed by atoms with Gasteiger partial charge >= 0.3 is 0 Å². The van der Waals surface area contributed by atoms with Gasteiger partial charge in [-0.05, 0) is 30.2 Å². The summed E-state index contributed by atoms with van der Waals surface area (Å²) in [4.78, 5) is 11.0. The summed E-state index contributed by atoms with van der Waals surface area (Å²) in [5.74, 6) is 1.58. The molecule has 2 aliphatic rings. The van der Waals surface area contributed by atoms with Crippen LogP contribution < -0.4 is 10.1 Å². The van der Waals surface area contributed by atoms with Gasteiger partial charge in [-0.25, -0.2) is 9.97 Å². The van der Waals surface area contributed by atoms with Gasteiger partial charge < -0.3 is 14.8 Å². The Labute approximate surface area is 148 Å². The van der Waals surface area contributed by atoms with Gasteiger partial charge in [0, 0.05) is 38.4 Å². The highest BCUT2D eigenvalue weighted by atomic mass is 16.5. The number of nitrogens with one attached hydrogen (secondary N) is 1. The summed E-state index contributed by atoms with van der Waals surface area (Å²) in [6.45, 7) is 3.72. The molecule has 0 aliphatic carbocycles. The minimum absolute atomic E-state index is 0.0289. The number of nitrogens with zero attached hydrogens (tertiary/aromatic N) is 3. The molecule has 3 heterocycles. The lowest BCUT2D eigenvalue weighted by atomic mass is 9.97. The predicted octanol–water partition coefficient (Wildman–Crippen LogP) is 2.33. The summed E-state index contributed by atoms with van der Waals surface area (Å²) in [6.07, 6.45) is 5.60. The highest BCUT2D eigenvalue weighted by Gasteiger charge is 2.45. The van der Waals surface area contributed by atoms with Gasteiger partial charge in [-0.2, -0.15) is 0 Å². The van der Waals surface area contributed by atoms with Crippen LogP contribution in [0.4, 0.5) is 5.95 Å². The zero-order valence-electron chi connectivity index (χ0n) is 14.5. The second kappa shape index (κ2) is 6.98. The molecule has 4 rings (SSSR count). The fourth-order valence-corrected chi connectivity index (χ4v) is 3.83. The topological polar surface area (TPSA) is 59.5 Å². The number of hydrogen-bond donors (Lipinski definition) is 1. The minimum atomic E-state index is -0.0289. The van der Waals surface area contributed by atoms with E-state index in [1.807, 2.05) is 18.2 Å². The fraction of sp³-hybridized carbons (Fsp3) is 0.474. The van der Waals surface area contributed by atoms with E-state index in [-0.39, 0.29) is 11.6 Å². The average molecular weight is 340 g/mol. The molecule has 2 aromatic rings. The van der Waals surface area contributed by atoms with Gasteiger partial charge in [0.2, 0.25) is 5.95 Å². The lowest BCUT2D eigenvalue weighted by Gasteiger charge is -2.23. The van der Waals surface area contributed by atoms with Crippen LogP contribution in [0.3, 0.4) is 0 Å². The zero-order valence-corrected chi connectivity index (χ0v) is 14.5. The van der Waals surface area contributed by atoms with Gasteiger partial charge in [0.1, 0.15) is 5.75 Å². The summed E-state index contributed by atoms with van der Waals surface area (Å²) >= 11 is 0. The van der Waals surface area contributed by atoms with Crippen LogP contribution in [0.25, 0.3) is 0 Å². The molecule has 1 N–H and O–H groups in total. The molecule has 0 radical (unpaired) electrons. The van der Waals surface area contributed by atoms with E-state index < -0.39 is 0 Å². The fourth-order valence-electron chi connectivity index (χ4n) is 3.83. The van der Waals surface area contributed by atoms with Crippen LogP contribution in [0, 0.1) is 0 Å². The smallest absolute Gasteiger partial charge is 0.222 e. The standard InChI is InChI=1S/C19H24N4O2/c1-24-17-5-3-15(4-6-17)12-23-10-7-19(14-23)11-16(13-25-19)22-18-20-8-2-9-21-18/h2-6,8-9,16H,7,10-14H2,1H3,(H,20,21,22)/t16-,19-/m1/s1. The molecule has 0 saturated carbocycles. The van der Waals surface area contributed by atoms with E-state index in [0.29, 0.717) is 12.6 Å². The average Bonchev–Trinajstić information content (AvgIpc) is 3.23. The Morgan fingerprint density at radius 1 is 1.28 bits per heavy atom. The molecule has 0 amide bonds. The summed E-state index contributed by atoms with van der Waals surface area (Å²) < 4.78 is 11.4. The Morgan fingerprint density at radius 3 is 2.84 bits per heavy atom. The van der Waals surface area contributed by atoms with E-state index in [2.05, 4.69) is 32.3 Å². The van der Waals surface area contributed by atoms with E-state index in [1.165, 1.54) is 5.56 Å². The molecule has 2 atom stereocenters. The molecule has 2 aliphatic heterocycles. The van der Waals surface area contributed by atoms with Crippen LogP contribution in [0.5, 0.6) is 5.75 Å². The Kier molecular flexibility index (Phi) is 4.55. The molecule has 6 heteroatoms. The van der Waals surface area contributed by atoms with Crippen LogP contribution in [0.15, 0.2) is 42.7 Å². The third-order valence-corrected chi connectivity index (χ3v) is 5.07. The van der Waals surface area contributed by atoms with E-state index in [0.717, 1.165) is 38.2 Å². The molecule has 1 spiro atoms. The van der Waals surface area contributed by atoms with Crippen LogP contribution in [0.1, 0.15) is 18.4 Å². The number of hydrogen-bond acceptors (Lipinski definition) is 6. The Morgan fingerprint density at radius 2 is 2.08 bits per heavy atom. The first-order valence-electron chi connectivity index (χ1n) is 8.77. The lowest BCUT2D eigenvalue weighted by molar-refractivity contribution is 0.0120. The number of anilines is 1. The molecular formula is C19H24N4O2. The third-order valence-electron chi connectivity index (χ3n) is 5.07. The first-order valence-corrected chi connectivity index (χ1v) is 8.77. The second-order valence-corrected chi connectivity index (χ2v) is 6.92. The van der Waals surface area contributed by atoms with Gasteiger partial charge in [0.05, 0.1) is 25.4 Å². The highest BCUT2D eigenvalue weighted by molar-refractivity contribution is 5.28. The van der Waals surface area contributed by atoms with Crippen molar-refractivity contribution in [3.05, 3.63) is 48.3 Å². The normalized spacial score (nSPS) is 26.2. The summed E-state index contributed by atoms with van der Waals surface area (Å²) in [5, 5.41) is 3.39. The molecule has 132 valence electrons. The molecular weight excluding hydrogens is 316 g/mol. The van der Waals surface area contributed by atoms with Gasteiger partial charge in [0.15, 0.2) is 0 Å². The minimum Gasteiger partial charge on any atom is -0.497 e. The van der Waals surface area contributed by atoms with Crippen LogP contribution in [0.2, 0.25) is 0 Å². The largest absolute Gasteiger partial charge is 0.497 e. The van der Waals surface area contributed by atoms with Crippen molar-refractivity contribution in [2.24, 2.45) is 0 Å². The Balaban J connectivity index is 1.32. The summed E-state index contributed by atoms with van der Waals surface area (Å²) in [6, 6.07) is 10.4. The number of methoxy groups -OCH3 is 1. The predicted molar refractivity (Wildman–Crippen MR) is 95.6 cm³/mol. The molecule has 1 aromatic carbocycles. The number of ether oxygens (including phenoxy) is 2. The van der Waals surface area contributed by atoms with Crippen LogP contribution >= 0.6 is 0 Å². The number of rotatable bonds is 5. The van der Waals surface area contributed by atoms with Crippen molar-refractivity contribution in [3.8, 4) is 5.75 Å². The van der Waals surface area contributed by atoms with Crippen LogP contribution in [-0.2, 0) is 11.3 Å². The monoisotopic (exact) mass is 340 g/mol. The molecule has 1 aromatic heterocycles. The van der Waals surface area contributed by atoms with E-state index in [1.54, 1.807) is 19.5 Å². The first-order chi connectivity index (χ1) is 12.2. The molecule has 25 heavy (non-hydrogen) atoms. The van der Waals surface area contributed by atoms with Crippen molar-refractivity contribution in [1.29, 1.82) is 0 Å². The maximum atomic E-state index is 6.21. The Bertz CT molecular complexity index is 694. The third kappa shape index (κ3) is 3.75.